The van der Waals surface area contributed by atoms with Crippen molar-refractivity contribution in [2.24, 2.45) is 5.73 Å². The molecule has 1 aromatic carbocycles. The highest BCUT2D eigenvalue weighted by Crippen LogP contribution is 2.32. The molecule has 20 heavy (non-hydrogen) atoms. The van der Waals surface area contributed by atoms with Crippen molar-refractivity contribution in [3.63, 3.8) is 0 Å². The van der Waals surface area contributed by atoms with Gasteiger partial charge in [-0.3, -0.25) is 4.90 Å². The lowest BCUT2D eigenvalue weighted by atomic mass is 9.89. The van der Waals surface area contributed by atoms with Crippen LogP contribution in [0.5, 0.6) is 5.75 Å². The third-order valence-corrected chi connectivity index (χ3v) is 4.75. The summed E-state index contributed by atoms with van der Waals surface area (Å²) in [6.07, 6.45) is 4.75. The zero-order valence-corrected chi connectivity index (χ0v) is 13.1. The molecule has 0 aromatic heterocycles. The highest BCUT2D eigenvalue weighted by Gasteiger charge is 2.38. The number of methoxy groups -OCH3 is 1. The van der Waals surface area contributed by atoms with Crippen LogP contribution in [-0.2, 0) is 6.42 Å². The average Bonchev–Trinajstić information content (AvgIpc) is 2.97. The summed E-state index contributed by atoms with van der Waals surface area (Å²) in [5.41, 5.74) is 7.43. The van der Waals surface area contributed by atoms with E-state index in [-0.39, 0.29) is 5.54 Å². The van der Waals surface area contributed by atoms with Crippen molar-refractivity contribution in [1.82, 2.24) is 4.90 Å². The van der Waals surface area contributed by atoms with Crippen LogP contribution in [0.2, 0.25) is 0 Å². The second-order valence-corrected chi connectivity index (χ2v) is 6.09. The maximum Gasteiger partial charge on any atom is 0.122 e. The van der Waals surface area contributed by atoms with Crippen molar-refractivity contribution in [2.45, 2.75) is 51.1 Å². The van der Waals surface area contributed by atoms with Crippen LogP contribution in [0.25, 0.3) is 0 Å². The van der Waals surface area contributed by atoms with Crippen molar-refractivity contribution >= 4 is 0 Å². The molecule has 0 radical (unpaired) electrons. The van der Waals surface area contributed by atoms with Gasteiger partial charge in [0.05, 0.1) is 7.11 Å². The van der Waals surface area contributed by atoms with E-state index in [0.29, 0.717) is 12.6 Å². The fourth-order valence-electron chi connectivity index (χ4n) is 3.52. The van der Waals surface area contributed by atoms with Gasteiger partial charge in [0.2, 0.25) is 0 Å². The van der Waals surface area contributed by atoms with E-state index >= 15 is 0 Å². The van der Waals surface area contributed by atoms with Gasteiger partial charge in [-0.15, -0.1) is 0 Å². The highest BCUT2D eigenvalue weighted by atomic mass is 16.5. The van der Waals surface area contributed by atoms with Gasteiger partial charge in [-0.05, 0) is 50.8 Å². The number of hydrogen-bond donors (Lipinski definition) is 1. The molecule has 3 heteroatoms. The molecule has 0 bridgehead atoms. The minimum Gasteiger partial charge on any atom is -0.496 e. The summed E-state index contributed by atoms with van der Waals surface area (Å²) in [5, 5.41) is 0. The third-order valence-electron chi connectivity index (χ3n) is 4.75. The lowest BCUT2D eigenvalue weighted by Crippen LogP contribution is -2.55. The second kappa shape index (κ2) is 6.59. The number of rotatable bonds is 6. The third kappa shape index (κ3) is 2.99. The van der Waals surface area contributed by atoms with E-state index in [1.807, 2.05) is 12.1 Å². The summed E-state index contributed by atoms with van der Waals surface area (Å²) >= 11 is 0. The first-order valence-corrected chi connectivity index (χ1v) is 7.73. The molecule has 3 nitrogen and oxygen atoms in total. The first-order chi connectivity index (χ1) is 9.64. The van der Waals surface area contributed by atoms with Gasteiger partial charge in [0.15, 0.2) is 0 Å². The molecule has 112 valence electrons. The minimum atomic E-state index is 0.0197. The molecule has 1 aliphatic rings. The topological polar surface area (TPSA) is 38.5 Å². The predicted molar refractivity (Wildman–Crippen MR) is 84.2 cm³/mol. The van der Waals surface area contributed by atoms with E-state index in [1.54, 1.807) is 7.11 Å². The van der Waals surface area contributed by atoms with Gasteiger partial charge in [-0.1, -0.05) is 25.1 Å². The quantitative estimate of drug-likeness (QED) is 0.868. The Hall–Kier alpha value is -1.06. The van der Waals surface area contributed by atoms with Gasteiger partial charge in [-0.2, -0.15) is 0 Å². The summed E-state index contributed by atoms with van der Waals surface area (Å²) in [7, 11) is 1.74. The zero-order chi connectivity index (χ0) is 14.6. The van der Waals surface area contributed by atoms with Gasteiger partial charge < -0.3 is 10.5 Å². The summed E-state index contributed by atoms with van der Waals surface area (Å²) in [6.45, 7) is 6.43. The molecular weight excluding hydrogens is 248 g/mol. The number of nitrogens with two attached hydrogens (primary N) is 1. The number of hydrogen-bond acceptors (Lipinski definition) is 3. The van der Waals surface area contributed by atoms with Crippen LogP contribution in [0.1, 0.15) is 38.7 Å². The van der Waals surface area contributed by atoms with E-state index in [4.69, 9.17) is 10.5 Å². The molecule has 2 rings (SSSR count). The Morgan fingerprint density at radius 3 is 2.80 bits per heavy atom. The van der Waals surface area contributed by atoms with Gasteiger partial charge in [0, 0.05) is 18.1 Å². The number of likely N-dealkylation sites (tertiary alicyclic amines) is 1. The van der Waals surface area contributed by atoms with Crippen molar-refractivity contribution in [2.75, 3.05) is 20.2 Å². The molecule has 0 saturated carbocycles. The molecule has 2 unspecified atom stereocenters. The van der Waals surface area contributed by atoms with Gasteiger partial charge in [-0.25, -0.2) is 0 Å². The fourth-order valence-corrected chi connectivity index (χ4v) is 3.52. The Kier molecular flexibility index (Phi) is 5.06. The summed E-state index contributed by atoms with van der Waals surface area (Å²) in [4.78, 5) is 2.62. The van der Waals surface area contributed by atoms with E-state index in [1.165, 1.54) is 31.4 Å². The molecule has 1 aliphatic heterocycles. The molecule has 0 spiro atoms. The largest absolute Gasteiger partial charge is 0.496 e. The highest BCUT2D eigenvalue weighted by molar-refractivity contribution is 5.34. The minimum absolute atomic E-state index is 0.0197. The number of para-hydroxylation sites is 1. The Morgan fingerprint density at radius 2 is 2.15 bits per heavy atom. The van der Waals surface area contributed by atoms with Crippen molar-refractivity contribution < 1.29 is 4.74 Å². The van der Waals surface area contributed by atoms with Crippen LogP contribution in [0.3, 0.4) is 0 Å². The molecule has 1 saturated heterocycles. The fraction of sp³-hybridized carbons (Fsp3) is 0.647. The molecule has 2 N–H and O–H groups in total. The van der Waals surface area contributed by atoms with Gasteiger partial charge >= 0.3 is 0 Å². The van der Waals surface area contributed by atoms with Gasteiger partial charge in [0.25, 0.3) is 0 Å². The Balaban J connectivity index is 2.22. The molecule has 0 aliphatic carbocycles. The molecule has 0 amide bonds. The summed E-state index contributed by atoms with van der Waals surface area (Å²) in [5.74, 6) is 0.972. The lowest BCUT2D eigenvalue weighted by Gasteiger charge is -2.42. The van der Waals surface area contributed by atoms with E-state index in [2.05, 4.69) is 30.9 Å². The average molecular weight is 276 g/mol. The monoisotopic (exact) mass is 276 g/mol. The molecule has 1 fully saturated rings. The number of nitrogens with zero attached hydrogens (tertiary/aromatic N) is 1. The van der Waals surface area contributed by atoms with Crippen LogP contribution in [-0.4, -0.2) is 36.7 Å². The number of benzene rings is 1. The van der Waals surface area contributed by atoms with Crippen LogP contribution in [0.15, 0.2) is 24.3 Å². The van der Waals surface area contributed by atoms with Crippen LogP contribution >= 0.6 is 0 Å². The molecule has 1 aromatic rings. The van der Waals surface area contributed by atoms with Crippen molar-refractivity contribution in [3.8, 4) is 5.75 Å². The van der Waals surface area contributed by atoms with Crippen molar-refractivity contribution in [3.05, 3.63) is 29.8 Å². The van der Waals surface area contributed by atoms with Crippen molar-refractivity contribution in [1.29, 1.82) is 0 Å². The van der Waals surface area contributed by atoms with E-state index in [9.17, 15) is 0 Å². The first kappa shape index (κ1) is 15.3. The zero-order valence-electron chi connectivity index (χ0n) is 13.1. The summed E-state index contributed by atoms with van der Waals surface area (Å²) in [6, 6.07) is 8.97. The Morgan fingerprint density at radius 1 is 1.40 bits per heavy atom. The van der Waals surface area contributed by atoms with Crippen LogP contribution in [0.4, 0.5) is 0 Å². The number of ether oxygens (including phenoxy) is 1. The SMILES string of the molecule is CCC1CCCN1C(C)(CN)Cc1ccccc1OC. The predicted octanol–water partition coefficient (Wildman–Crippen LogP) is 2.83. The van der Waals surface area contributed by atoms with Gasteiger partial charge in [0.1, 0.15) is 5.75 Å². The molecule has 2 atom stereocenters. The normalized spacial score (nSPS) is 22.7. The van der Waals surface area contributed by atoms with E-state index in [0.717, 1.165) is 12.2 Å². The Bertz CT molecular complexity index is 435. The standard InChI is InChI=1S/C17H28N2O/c1-4-15-9-7-11-19(15)17(2,13-18)12-14-8-5-6-10-16(14)20-3/h5-6,8,10,15H,4,7,9,11-13,18H2,1-3H3. The maximum absolute atomic E-state index is 6.16. The van der Waals surface area contributed by atoms with E-state index < -0.39 is 0 Å². The maximum atomic E-state index is 6.16. The smallest absolute Gasteiger partial charge is 0.122 e. The van der Waals surface area contributed by atoms with Crippen LogP contribution in [0, 0.1) is 0 Å². The first-order valence-electron chi connectivity index (χ1n) is 7.73. The molecule has 1 heterocycles. The Labute approximate surface area is 123 Å². The molecular formula is C17H28N2O. The summed E-state index contributed by atoms with van der Waals surface area (Å²) < 4.78 is 5.49. The second-order valence-electron chi connectivity index (χ2n) is 6.09. The lowest BCUT2D eigenvalue weighted by molar-refractivity contribution is 0.0929. The van der Waals surface area contributed by atoms with Crippen LogP contribution < -0.4 is 10.5 Å².